The summed E-state index contributed by atoms with van der Waals surface area (Å²) in [5, 5.41) is 9.62. The van der Waals surface area contributed by atoms with Gasteiger partial charge >= 0.3 is 18.1 Å². The summed E-state index contributed by atoms with van der Waals surface area (Å²) in [6, 6.07) is 7.01. The second-order valence-corrected chi connectivity index (χ2v) is 9.86. The Labute approximate surface area is 245 Å². The number of anilines is 3. The Morgan fingerprint density at radius 1 is 0.911 bits per heavy atom. The van der Waals surface area contributed by atoms with Gasteiger partial charge in [-0.05, 0) is 18.2 Å². The third kappa shape index (κ3) is 4.60. The highest BCUT2D eigenvalue weighted by Crippen LogP contribution is 2.45. The average molecular weight is 629 g/mol. The monoisotopic (exact) mass is 629 g/mol. The zero-order valence-electron chi connectivity index (χ0n) is 22.1. The van der Waals surface area contributed by atoms with E-state index in [1.807, 2.05) is 0 Å². The Morgan fingerprint density at radius 2 is 1.62 bits per heavy atom. The molecule has 2 aromatic carbocycles. The molecule has 45 heavy (non-hydrogen) atoms. The van der Waals surface area contributed by atoms with Crippen molar-refractivity contribution < 1.29 is 50.6 Å². The standard InChI is InChI=1S/C26H15F4N7O8/c27-25(28)41-15-2-1-11(5-16(15)42-25)33-22(38)13-6-17-18(44-26(29,30)43-17)7-14(13)37-24(39)20-21(31-10-32-23(20)45-37)34-19-3-4-36(35-19)12-8-40-9-12/h1-7,10,12H,8-9H2,(H,33,38)(H,31,32,34,35). The van der Waals surface area contributed by atoms with Gasteiger partial charge in [-0.1, -0.05) is 0 Å². The Balaban J connectivity index is 1.18. The van der Waals surface area contributed by atoms with E-state index < -0.39 is 41.1 Å². The molecule has 1 amide bonds. The minimum absolute atomic E-state index is 0.0121. The van der Waals surface area contributed by atoms with Gasteiger partial charge in [0, 0.05) is 30.1 Å². The van der Waals surface area contributed by atoms with Crippen LogP contribution in [0.2, 0.25) is 0 Å². The number of carbonyl (C=O) groups is 1. The predicted molar refractivity (Wildman–Crippen MR) is 140 cm³/mol. The van der Waals surface area contributed by atoms with Crippen LogP contribution in [0.1, 0.15) is 16.4 Å². The molecule has 3 aliphatic rings. The smallest absolute Gasteiger partial charge is 0.395 e. The number of nitrogens with one attached hydrogen (secondary N) is 2. The molecule has 8 rings (SSSR count). The van der Waals surface area contributed by atoms with Crippen LogP contribution in [0.4, 0.5) is 34.9 Å². The van der Waals surface area contributed by atoms with E-state index >= 15 is 0 Å². The minimum atomic E-state index is -4.06. The van der Waals surface area contributed by atoms with Crippen LogP contribution in [0.5, 0.6) is 23.0 Å². The summed E-state index contributed by atoms with van der Waals surface area (Å²) in [6.45, 7) is 1.01. The molecule has 0 spiro atoms. The fourth-order valence-electron chi connectivity index (χ4n) is 4.78. The lowest BCUT2D eigenvalue weighted by molar-refractivity contribution is -0.287. The van der Waals surface area contributed by atoms with E-state index in [0.717, 1.165) is 30.6 Å². The van der Waals surface area contributed by atoms with E-state index in [-0.39, 0.29) is 45.8 Å². The molecule has 0 saturated carbocycles. The van der Waals surface area contributed by atoms with Crippen LogP contribution in [0.25, 0.3) is 16.8 Å². The third-order valence-corrected chi connectivity index (χ3v) is 6.88. The fourth-order valence-corrected chi connectivity index (χ4v) is 4.78. The largest absolute Gasteiger partial charge is 0.586 e. The van der Waals surface area contributed by atoms with Crippen molar-refractivity contribution in [2.45, 2.75) is 18.6 Å². The summed E-state index contributed by atoms with van der Waals surface area (Å²) in [6.07, 6.45) is -5.12. The number of fused-ring (bicyclic) bond motifs is 3. The molecule has 1 saturated heterocycles. The summed E-state index contributed by atoms with van der Waals surface area (Å²) in [5.74, 6) is -2.26. The number of aromatic nitrogens is 5. The molecule has 0 aliphatic carbocycles. The van der Waals surface area contributed by atoms with Crippen molar-refractivity contribution >= 4 is 34.3 Å². The topological polar surface area (TPSA) is 166 Å². The van der Waals surface area contributed by atoms with Gasteiger partial charge in [0.2, 0.25) is 0 Å². The Morgan fingerprint density at radius 3 is 2.36 bits per heavy atom. The molecule has 1 fully saturated rings. The van der Waals surface area contributed by atoms with Gasteiger partial charge in [0.05, 0.1) is 24.8 Å². The van der Waals surface area contributed by atoms with Crippen LogP contribution in [0.3, 0.4) is 0 Å². The predicted octanol–water partition coefficient (Wildman–Crippen LogP) is 3.78. The van der Waals surface area contributed by atoms with Crippen molar-refractivity contribution in [3.8, 4) is 28.7 Å². The molecule has 230 valence electrons. The number of hydrogen-bond acceptors (Lipinski definition) is 12. The number of halogens is 4. The molecule has 3 aliphatic heterocycles. The SMILES string of the molecule is O=C(Nc1ccc2c(c1)OC(F)(F)O2)c1cc2c(cc1-n1oc3ncnc(Nc4ccn(C5COC5)n4)c3c1=O)OC(F)(F)O2. The van der Waals surface area contributed by atoms with E-state index in [0.29, 0.717) is 23.8 Å². The molecule has 3 aromatic heterocycles. The van der Waals surface area contributed by atoms with Gasteiger partial charge in [0.1, 0.15) is 12.0 Å². The molecule has 0 atom stereocenters. The second-order valence-electron chi connectivity index (χ2n) is 9.86. The number of carbonyl (C=O) groups excluding carboxylic acids is 1. The Bertz CT molecular complexity index is 2090. The molecule has 15 nitrogen and oxygen atoms in total. The van der Waals surface area contributed by atoms with Gasteiger partial charge < -0.3 is 38.8 Å². The third-order valence-electron chi connectivity index (χ3n) is 6.88. The molecule has 0 radical (unpaired) electrons. The molecule has 6 heterocycles. The number of ether oxygens (including phenoxy) is 5. The summed E-state index contributed by atoms with van der Waals surface area (Å²) in [5.41, 5.74) is -1.86. The van der Waals surface area contributed by atoms with Gasteiger partial charge in [0.15, 0.2) is 40.0 Å². The number of nitrogens with zero attached hydrogens (tertiary/aromatic N) is 5. The highest BCUT2D eigenvalue weighted by atomic mass is 19.3. The maximum atomic E-state index is 14.0. The Hall–Kier alpha value is -5.85. The molecule has 0 bridgehead atoms. The number of alkyl halides is 4. The second kappa shape index (κ2) is 9.32. The van der Waals surface area contributed by atoms with Crippen LogP contribution in [0.15, 0.2) is 58.2 Å². The summed E-state index contributed by atoms with van der Waals surface area (Å²) >= 11 is 0. The first-order chi connectivity index (χ1) is 21.5. The number of amides is 1. The van der Waals surface area contributed by atoms with Crippen molar-refractivity contribution in [2.75, 3.05) is 23.8 Å². The maximum absolute atomic E-state index is 14.0. The van der Waals surface area contributed by atoms with Gasteiger partial charge in [0.25, 0.3) is 11.6 Å². The number of benzene rings is 2. The molecular weight excluding hydrogens is 614 g/mol. The van der Waals surface area contributed by atoms with Crippen molar-refractivity contribution in [2.24, 2.45) is 0 Å². The van der Waals surface area contributed by atoms with Crippen LogP contribution < -0.4 is 35.1 Å². The molecule has 2 N–H and O–H groups in total. The highest BCUT2D eigenvalue weighted by molar-refractivity contribution is 6.07. The fraction of sp³-hybridized carbons (Fsp3) is 0.192. The van der Waals surface area contributed by atoms with Crippen molar-refractivity contribution in [1.29, 1.82) is 0 Å². The first-order valence-corrected chi connectivity index (χ1v) is 12.9. The van der Waals surface area contributed by atoms with E-state index in [1.54, 1.807) is 16.9 Å². The van der Waals surface area contributed by atoms with E-state index in [4.69, 9.17) is 9.26 Å². The van der Waals surface area contributed by atoms with Gasteiger partial charge in [-0.3, -0.25) is 14.3 Å². The quantitative estimate of drug-likeness (QED) is 0.262. The van der Waals surface area contributed by atoms with Crippen molar-refractivity contribution in [3.05, 3.63) is 64.8 Å². The lowest BCUT2D eigenvalue weighted by Crippen LogP contribution is -2.30. The maximum Gasteiger partial charge on any atom is 0.586 e. The van der Waals surface area contributed by atoms with E-state index in [1.165, 1.54) is 6.07 Å². The van der Waals surface area contributed by atoms with E-state index in [9.17, 15) is 27.2 Å². The van der Waals surface area contributed by atoms with Gasteiger partial charge in [-0.2, -0.15) is 10.1 Å². The molecule has 5 aromatic rings. The summed E-state index contributed by atoms with van der Waals surface area (Å²) < 4.78 is 85.8. The summed E-state index contributed by atoms with van der Waals surface area (Å²) in [7, 11) is 0. The van der Waals surface area contributed by atoms with Crippen LogP contribution in [-0.4, -0.2) is 56.2 Å². The number of rotatable bonds is 6. The summed E-state index contributed by atoms with van der Waals surface area (Å²) in [4.78, 5) is 35.3. The van der Waals surface area contributed by atoms with Gasteiger partial charge in [-0.15, -0.1) is 22.3 Å². The van der Waals surface area contributed by atoms with Crippen LogP contribution in [-0.2, 0) is 4.74 Å². The highest BCUT2D eigenvalue weighted by Gasteiger charge is 2.45. The normalized spacial score (nSPS) is 17.3. The van der Waals surface area contributed by atoms with Gasteiger partial charge in [-0.25, -0.2) is 4.98 Å². The van der Waals surface area contributed by atoms with Crippen molar-refractivity contribution in [3.63, 3.8) is 0 Å². The average Bonchev–Trinajstić information content (AvgIpc) is 3.68. The molecular formula is C26H15F4N7O8. The zero-order valence-corrected chi connectivity index (χ0v) is 22.1. The van der Waals surface area contributed by atoms with Crippen molar-refractivity contribution in [1.82, 2.24) is 24.5 Å². The molecule has 0 unspecified atom stereocenters. The van der Waals surface area contributed by atoms with E-state index in [2.05, 4.69) is 44.6 Å². The lowest BCUT2D eigenvalue weighted by atomic mass is 10.1. The first-order valence-electron chi connectivity index (χ1n) is 12.9. The Kier molecular flexibility index (Phi) is 5.54. The van der Waals surface area contributed by atoms with Crippen LogP contribution in [0, 0.1) is 0 Å². The first kappa shape index (κ1) is 26.8. The lowest BCUT2D eigenvalue weighted by Gasteiger charge is -2.25. The van der Waals surface area contributed by atoms with Crippen LogP contribution >= 0.6 is 0 Å². The number of hydrogen-bond donors (Lipinski definition) is 2. The minimum Gasteiger partial charge on any atom is -0.395 e. The molecule has 19 heteroatoms. The zero-order chi connectivity index (χ0) is 31.1.